The maximum atomic E-state index is 12.0. The van der Waals surface area contributed by atoms with Crippen LogP contribution in [0.1, 0.15) is 42.3 Å². The molecule has 1 heterocycles. The fourth-order valence-electron chi connectivity index (χ4n) is 1.71. The third-order valence-electron chi connectivity index (χ3n) is 2.53. The molecule has 1 aliphatic rings. The first-order valence-corrected chi connectivity index (χ1v) is 7.03. The van der Waals surface area contributed by atoms with Crippen molar-refractivity contribution in [1.29, 1.82) is 0 Å². The zero-order valence-electron chi connectivity index (χ0n) is 11.8. The maximum Gasteiger partial charge on any atom is 0.338 e. The van der Waals surface area contributed by atoms with Crippen LogP contribution in [0.15, 0.2) is 22.6 Å². The Morgan fingerprint density at radius 3 is 2.65 bits per heavy atom. The first kappa shape index (κ1) is 14.9. The van der Waals surface area contributed by atoms with Crippen molar-refractivity contribution in [2.75, 3.05) is 0 Å². The Morgan fingerprint density at radius 2 is 2.15 bits per heavy atom. The number of benzene rings is 1. The minimum Gasteiger partial charge on any atom is -0.456 e. The van der Waals surface area contributed by atoms with Gasteiger partial charge in [-0.15, -0.1) is 0 Å². The lowest BCUT2D eigenvalue weighted by Crippen LogP contribution is -2.24. The molecule has 6 heteroatoms. The number of ether oxygens (including phenoxy) is 2. The number of aliphatic hydroxyl groups excluding tert-OH is 1. The third kappa shape index (κ3) is 3.52. The molecule has 0 saturated carbocycles. The second-order valence-corrected chi connectivity index (χ2v) is 6.25. The molecule has 1 aromatic carbocycles. The predicted octanol–water partition coefficient (Wildman–Crippen LogP) is 2.65. The molecule has 0 amide bonds. The fraction of sp³-hybridized carbons (Fsp3) is 0.429. The molecule has 2 rings (SSSR count). The lowest BCUT2D eigenvalue weighted by atomic mass is 10.0. The molecule has 5 nitrogen and oxygen atoms in total. The number of aliphatic hydroxyl groups is 1. The largest absolute Gasteiger partial charge is 0.456 e. The molecular weight excluding hydrogens is 278 g/mol. The number of rotatable bonds is 2. The van der Waals surface area contributed by atoms with Crippen molar-refractivity contribution >= 4 is 23.8 Å². The second-order valence-electron chi connectivity index (χ2n) is 5.46. The van der Waals surface area contributed by atoms with Gasteiger partial charge in [0, 0.05) is 5.56 Å². The predicted molar refractivity (Wildman–Crippen MR) is 77.6 cm³/mol. The number of carbonyl (C=O) groups excluding carboxylic acids is 1. The van der Waals surface area contributed by atoms with Crippen molar-refractivity contribution in [3.8, 4) is 0 Å². The van der Waals surface area contributed by atoms with Gasteiger partial charge in [-0.25, -0.2) is 4.79 Å². The van der Waals surface area contributed by atoms with Gasteiger partial charge in [0.25, 0.3) is 5.62 Å². The van der Waals surface area contributed by atoms with Crippen LogP contribution in [0, 0.1) is 6.92 Å². The fourth-order valence-corrected chi connectivity index (χ4v) is 2.18. The zero-order valence-corrected chi connectivity index (χ0v) is 12.7. The van der Waals surface area contributed by atoms with Crippen LogP contribution in [0.2, 0.25) is 0 Å². The third-order valence-corrected chi connectivity index (χ3v) is 3.08. The van der Waals surface area contributed by atoms with E-state index in [1.807, 2.05) is 27.7 Å². The number of hydrogen-bond donors (Lipinski definition) is 1. The van der Waals surface area contributed by atoms with Crippen molar-refractivity contribution < 1.29 is 19.4 Å². The molecule has 1 unspecified atom stereocenters. The van der Waals surface area contributed by atoms with Crippen molar-refractivity contribution in [2.45, 2.75) is 38.9 Å². The summed E-state index contributed by atoms with van der Waals surface area (Å²) in [5.41, 5.74) is 0.515. The van der Waals surface area contributed by atoms with Gasteiger partial charge < -0.3 is 14.6 Å². The van der Waals surface area contributed by atoms with E-state index in [9.17, 15) is 9.90 Å². The van der Waals surface area contributed by atoms with Gasteiger partial charge in [0.05, 0.1) is 17.5 Å². The van der Waals surface area contributed by atoms with E-state index in [-0.39, 0.29) is 5.97 Å². The smallest absolute Gasteiger partial charge is 0.338 e. The number of esters is 1. The summed E-state index contributed by atoms with van der Waals surface area (Å²) >= 11 is 0.954. The molecule has 108 valence electrons. The molecule has 0 bridgehead atoms. The highest BCUT2D eigenvalue weighted by molar-refractivity contribution is 7.98. The molecule has 0 radical (unpaired) electrons. The van der Waals surface area contributed by atoms with E-state index < -0.39 is 11.2 Å². The van der Waals surface area contributed by atoms with E-state index in [0.717, 1.165) is 23.1 Å². The Hall–Kier alpha value is -1.53. The van der Waals surface area contributed by atoms with Crippen LogP contribution in [-0.4, -0.2) is 28.2 Å². The molecule has 0 spiro atoms. The number of hydrogen-bond acceptors (Lipinski definition) is 6. The van der Waals surface area contributed by atoms with Gasteiger partial charge in [-0.05, 0) is 51.5 Å². The van der Waals surface area contributed by atoms with Crippen LogP contribution in [0.3, 0.4) is 0 Å². The molecule has 1 N–H and O–H groups in total. The lowest BCUT2D eigenvalue weighted by Gasteiger charge is -2.20. The number of carbonyl (C=O) groups is 1. The van der Waals surface area contributed by atoms with Crippen LogP contribution in [0.25, 0.3) is 0 Å². The van der Waals surface area contributed by atoms with E-state index in [2.05, 4.69) is 4.40 Å². The summed E-state index contributed by atoms with van der Waals surface area (Å²) in [4.78, 5) is 12.0. The maximum absolute atomic E-state index is 12.0. The molecule has 0 aromatic heterocycles. The minimum atomic E-state index is -0.962. The molecule has 20 heavy (non-hydrogen) atoms. The summed E-state index contributed by atoms with van der Waals surface area (Å²) in [6, 6.07) is 5.19. The van der Waals surface area contributed by atoms with Gasteiger partial charge in [-0.1, -0.05) is 0 Å². The van der Waals surface area contributed by atoms with E-state index in [0.29, 0.717) is 11.5 Å². The van der Waals surface area contributed by atoms with Gasteiger partial charge in [-0.3, -0.25) is 0 Å². The molecular formula is C14H17NO4S. The monoisotopic (exact) mass is 295 g/mol. The summed E-state index contributed by atoms with van der Waals surface area (Å²) in [7, 11) is 0. The quantitative estimate of drug-likeness (QED) is 0.671. The normalized spacial score (nSPS) is 18.4. The Labute approximate surface area is 122 Å². The Kier molecular flexibility index (Phi) is 4.06. The summed E-state index contributed by atoms with van der Waals surface area (Å²) in [5.74, 6) is 0.00609. The molecule has 0 saturated heterocycles. The molecule has 1 aliphatic heterocycles. The summed E-state index contributed by atoms with van der Waals surface area (Å²) in [6.07, 6.45) is 0. The highest BCUT2D eigenvalue weighted by atomic mass is 32.2. The van der Waals surface area contributed by atoms with E-state index >= 15 is 0 Å². The summed E-state index contributed by atoms with van der Waals surface area (Å²) in [5, 5.41) is 9.25. The van der Waals surface area contributed by atoms with Crippen LogP contribution in [0.4, 0.5) is 0 Å². The number of nitrogens with zero attached hydrogens (tertiary/aromatic N) is 1. The standard InChI is InChI=1S/C14H17NO4S/c1-8-7-9(11-15-20-13(17)18-11)5-6-10(8)12(16)19-14(2,3)4/h5-7,13,17H,1-4H3. The molecule has 1 atom stereocenters. The minimum absolute atomic E-state index is 0.356. The van der Waals surface area contributed by atoms with Gasteiger partial charge in [0.15, 0.2) is 0 Å². The molecule has 1 aromatic rings. The van der Waals surface area contributed by atoms with E-state index in [1.165, 1.54) is 0 Å². The molecule has 0 aliphatic carbocycles. The summed E-state index contributed by atoms with van der Waals surface area (Å²) in [6.45, 7) is 7.30. The SMILES string of the molecule is Cc1cc(C2=NSC(O)O2)ccc1C(=O)OC(C)(C)C. The highest BCUT2D eigenvalue weighted by Crippen LogP contribution is 2.24. The Bertz CT molecular complexity index is 563. The topological polar surface area (TPSA) is 68.1 Å². The second kappa shape index (κ2) is 5.46. The highest BCUT2D eigenvalue weighted by Gasteiger charge is 2.22. The van der Waals surface area contributed by atoms with Crippen molar-refractivity contribution in [3.05, 3.63) is 34.9 Å². The van der Waals surface area contributed by atoms with Gasteiger partial charge >= 0.3 is 5.97 Å². The van der Waals surface area contributed by atoms with Crippen LogP contribution in [-0.2, 0) is 9.47 Å². The van der Waals surface area contributed by atoms with Crippen molar-refractivity contribution in [3.63, 3.8) is 0 Å². The lowest BCUT2D eigenvalue weighted by molar-refractivity contribution is 0.00685. The van der Waals surface area contributed by atoms with Crippen molar-refractivity contribution in [2.24, 2.45) is 4.40 Å². The van der Waals surface area contributed by atoms with Gasteiger partial charge in [-0.2, -0.15) is 4.40 Å². The van der Waals surface area contributed by atoms with Gasteiger partial charge in [0.1, 0.15) is 5.60 Å². The Balaban J connectivity index is 2.20. The summed E-state index contributed by atoms with van der Waals surface area (Å²) < 4.78 is 14.5. The van der Waals surface area contributed by atoms with Crippen molar-refractivity contribution in [1.82, 2.24) is 0 Å². The average Bonchev–Trinajstić information content (AvgIpc) is 2.73. The number of aryl methyl sites for hydroxylation is 1. The first-order valence-electron chi connectivity index (χ1n) is 6.19. The van der Waals surface area contributed by atoms with Gasteiger partial charge in [0.2, 0.25) is 5.90 Å². The van der Waals surface area contributed by atoms with E-state index in [4.69, 9.17) is 9.47 Å². The Morgan fingerprint density at radius 1 is 1.45 bits per heavy atom. The van der Waals surface area contributed by atoms with Crippen LogP contribution < -0.4 is 0 Å². The zero-order chi connectivity index (χ0) is 14.9. The van der Waals surface area contributed by atoms with Crippen LogP contribution >= 0.6 is 11.9 Å². The average molecular weight is 295 g/mol. The van der Waals surface area contributed by atoms with E-state index in [1.54, 1.807) is 18.2 Å². The first-order chi connectivity index (χ1) is 9.26. The molecule has 0 fully saturated rings. The van der Waals surface area contributed by atoms with Crippen LogP contribution in [0.5, 0.6) is 0 Å².